The van der Waals surface area contributed by atoms with Crippen molar-refractivity contribution < 1.29 is 14.3 Å². The van der Waals surface area contributed by atoms with Crippen molar-refractivity contribution in [2.75, 3.05) is 7.11 Å². The fourth-order valence-corrected chi connectivity index (χ4v) is 1.23. The molecule has 5 nitrogen and oxygen atoms in total. The Morgan fingerprint density at radius 3 is 2.53 bits per heavy atom. The van der Waals surface area contributed by atoms with Crippen LogP contribution in [0.3, 0.4) is 0 Å². The number of esters is 1. The number of hydrogen-bond acceptors (Lipinski definition) is 4. The van der Waals surface area contributed by atoms with Crippen LogP contribution in [0.4, 0.5) is 0 Å². The topological polar surface area (TPSA) is 61.2 Å². The van der Waals surface area contributed by atoms with E-state index in [9.17, 15) is 9.59 Å². The van der Waals surface area contributed by atoms with Gasteiger partial charge in [-0.05, 0) is 0 Å². The second kappa shape index (κ2) is 4.25. The molecule has 0 aliphatic rings. The van der Waals surface area contributed by atoms with E-state index in [2.05, 4.69) is 9.84 Å². The zero-order chi connectivity index (χ0) is 11.6. The Hall–Kier alpha value is -1.65. The van der Waals surface area contributed by atoms with E-state index in [4.69, 9.17) is 0 Å². The third-order valence-electron chi connectivity index (χ3n) is 2.00. The van der Waals surface area contributed by atoms with Gasteiger partial charge in [-0.2, -0.15) is 5.10 Å². The summed E-state index contributed by atoms with van der Waals surface area (Å²) in [6, 6.07) is 0. The van der Waals surface area contributed by atoms with Gasteiger partial charge in [-0.15, -0.1) is 0 Å². The quantitative estimate of drug-likeness (QED) is 0.552. The van der Waals surface area contributed by atoms with E-state index in [0.29, 0.717) is 5.56 Å². The van der Waals surface area contributed by atoms with Crippen LogP contribution < -0.4 is 0 Å². The maximum absolute atomic E-state index is 11.7. The van der Waals surface area contributed by atoms with Crippen molar-refractivity contribution >= 4 is 11.8 Å². The molecule has 1 aromatic rings. The Morgan fingerprint density at radius 2 is 2.07 bits per heavy atom. The van der Waals surface area contributed by atoms with Crippen molar-refractivity contribution in [1.29, 1.82) is 0 Å². The molecule has 5 heteroatoms. The summed E-state index contributed by atoms with van der Waals surface area (Å²) in [7, 11) is 2.92. The number of hydrogen-bond donors (Lipinski definition) is 0. The molecule has 0 aliphatic heterocycles. The molecule has 0 saturated heterocycles. The molecular formula is C10H14N2O3. The van der Waals surface area contributed by atoms with Crippen LogP contribution in [-0.4, -0.2) is 28.6 Å². The van der Waals surface area contributed by atoms with Crippen LogP contribution in [0.25, 0.3) is 0 Å². The van der Waals surface area contributed by atoms with Crippen LogP contribution in [0, 0.1) is 5.92 Å². The van der Waals surface area contributed by atoms with E-state index in [1.165, 1.54) is 18.0 Å². The number of methoxy groups -OCH3 is 1. The fourth-order valence-electron chi connectivity index (χ4n) is 1.23. The molecule has 0 unspecified atom stereocenters. The second-order valence-corrected chi connectivity index (χ2v) is 3.58. The number of nitrogens with zero attached hydrogens (tertiary/aromatic N) is 2. The Balaban J connectivity index is 3.17. The third kappa shape index (κ3) is 2.23. The Labute approximate surface area is 88.0 Å². The van der Waals surface area contributed by atoms with Crippen LogP contribution in [0.1, 0.15) is 34.7 Å². The van der Waals surface area contributed by atoms with Crippen LogP contribution in [-0.2, 0) is 11.8 Å². The molecule has 0 radical (unpaired) electrons. The van der Waals surface area contributed by atoms with E-state index in [-0.39, 0.29) is 17.4 Å². The summed E-state index contributed by atoms with van der Waals surface area (Å²) in [6.07, 6.45) is 1.54. The van der Waals surface area contributed by atoms with E-state index in [1.807, 2.05) is 0 Å². The fraction of sp³-hybridized carbons (Fsp3) is 0.500. The average Bonchev–Trinajstić information content (AvgIpc) is 2.57. The van der Waals surface area contributed by atoms with Crippen molar-refractivity contribution in [2.24, 2.45) is 13.0 Å². The molecule has 0 N–H and O–H groups in total. The highest BCUT2D eigenvalue weighted by molar-refractivity contribution is 6.05. The van der Waals surface area contributed by atoms with E-state index < -0.39 is 5.97 Å². The molecule has 0 saturated carbocycles. The van der Waals surface area contributed by atoms with E-state index >= 15 is 0 Å². The van der Waals surface area contributed by atoms with Crippen molar-refractivity contribution in [3.8, 4) is 0 Å². The molecule has 0 bridgehead atoms. The first kappa shape index (κ1) is 11.4. The van der Waals surface area contributed by atoms with E-state index in [1.54, 1.807) is 20.9 Å². The number of ketones is 1. The van der Waals surface area contributed by atoms with Gasteiger partial charge in [-0.3, -0.25) is 9.48 Å². The zero-order valence-electron chi connectivity index (χ0n) is 9.27. The average molecular weight is 210 g/mol. The maximum atomic E-state index is 11.7. The first-order valence-electron chi connectivity index (χ1n) is 4.63. The maximum Gasteiger partial charge on any atom is 0.359 e. The molecule has 0 atom stereocenters. The highest BCUT2D eigenvalue weighted by atomic mass is 16.5. The number of ether oxygens (including phenoxy) is 1. The van der Waals surface area contributed by atoms with Crippen molar-refractivity contribution in [2.45, 2.75) is 13.8 Å². The number of carbonyl (C=O) groups excluding carboxylic acids is 2. The molecule has 0 amide bonds. The number of aromatic nitrogens is 2. The van der Waals surface area contributed by atoms with E-state index in [0.717, 1.165) is 0 Å². The highest BCUT2D eigenvalue weighted by Gasteiger charge is 2.23. The normalized spacial score (nSPS) is 10.5. The summed E-state index contributed by atoms with van der Waals surface area (Å²) >= 11 is 0. The summed E-state index contributed by atoms with van der Waals surface area (Å²) < 4.78 is 5.99. The van der Waals surface area contributed by atoms with Crippen LogP contribution >= 0.6 is 0 Å². The summed E-state index contributed by atoms with van der Waals surface area (Å²) in [6.45, 7) is 3.55. The van der Waals surface area contributed by atoms with Crippen molar-refractivity contribution in [3.63, 3.8) is 0 Å². The molecule has 0 spiro atoms. The predicted molar refractivity (Wildman–Crippen MR) is 53.7 cm³/mol. The summed E-state index contributed by atoms with van der Waals surface area (Å²) in [4.78, 5) is 23.1. The predicted octanol–water partition coefficient (Wildman–Crippen LogP) is 1.05. The smallest absolute Gasteiger partial charge is 0.359 e. The van der Waals surface area contributed by atoms with Gasteiger partial charge in [0, 0.05) is 19.2 Å². The molecular weight excluding hydrogens is 196 g/mol. The monoisotopic (exact) mass is 210 g/mol. The van der Waals surface area contributed by atoms with Gasteiger partial charge in [0.2, 0.25) is 0 Å². The molecule has 0 aliphatic carbocycles. The number of carbonyl (C=O) groups is 2. The van der Waals surface area contributed by atoms with Gasteiger partial charge in [0.1, 0.15) is 0 Å². The lowest BCUT2D eigenvalue weighted by atomic mass is 10.0. The summed E-state index contributed by atoms with van der Waals surface area (Å²) in [5.41, 5.74) is 0.401. The van der Waals surface area contributed by atoms with Gasteiger partial charge in [0.05, 0.1) is 12.7 Å². The van der Waals surface area contributed by atoms with Gasteiger partial charge in [-0.1, -0.05) is 13.8 Å². The zero-order valence-corrected chi connectivity index (χ0v) is 9.27. The lowest BCUT2D eigenvalue weighted by molar-refractivity contribution is 0.0589. The van der Waals surface area contributed by atoms with Gasteiger partial charge in [0.25, 0.3) is 0 Å². The lowest BCUT2D eigenvalue weighted by Gasteiger charge is -2.02. The molecule has 0 aromatic carbocycles. The van der Waals surface area contributed by atoms with Crippen LogP contribution in [0.2, 0.25) is 0 Å². The minimum absolute atomic E-state index is 0.0821. The highest BCUT2D eigenvalue weighted by Crippen LogP contribution is 2.13. The first-order valence-corrected chi connectivity index (χ1v) is 4.63. The second-order valence-electron chi connectivity index (χ2n) is 3.58. The Morgan fingerprint density at radius 1 is 1.47 bits per heavy atom. The van der Waals surface area contributed by atoms with Gasteiger partial charge < -0.3 is 4.74 Å². The molecule has 1 heterocycles. The van der Waals surface area contributed by atoms with Crippen molar-refractivity contribution in [3.05, 3.63) is 17.5 Å². The van der Waals surface area contributed by atoms with Crippen LogP contribution in [0.15, 0.2) is 6.20 Å². The van der Waals surface area contributed by atoms with Gasteiger partial charge in [0.15, 0.2) is 11.5 Å². The number of Topliss-reactive ketones (excluding diaryl/α,β-unsaturated/α-hetero) is 1. The lowest BCUT2D eigenvalue weighted by Crippen LogP contribution is -2.13. The molecule has 1 aromatic heterocycles. The van der Waals surface area contributed by atoms with Gasteiger partial charge >= 0.3 is 5.97 Å². The Kier molecular flexibility index (Phi) is 3.24. The standard InChI is InChI=1S/C10H14N2O3/c1-6(2)9(13)7-5-12(3)11-8(7)10(14)15-4/h5-6H,1-4H3. The molecule has 15 heavy (non-hydrogen) atoms. The third-order valence-corrected chi connectivity index (χ3v) is 2.00. The summed E-state index contributed by atoms with van der Waals surface area (Å²) in [5.74, 6) is -0.860. The summed E-state index contributed by atoms with van der Waals surface area (Å²) in [5, 5.41) is 3.91. The minimum Gasteiger partial charge on any atom is -0.464 e. The molecule has 0 fully saturated rings. The Bertz CT molecular complexity index is 393. The largest absolute Gasteiger partial charge is 0.464 e. The SMILES string of the molecule is COC(=O)c1nn(C)cc1C(=O)C(C)C. The number of aryl methyl sites for hydroxylation is 1. The minimum atomic E-state index is -0.584. The molecule has 82 valence electrons. The molecule has 1 rings (SSSR count). The first-order chi connectivity index (χ1) is 6.97. The number of rotatable bonds is 3. The van der Waals surface area contributed by atoms with Crippen LogP contribution in [0.5, 0.6) is 0 Å². The van der Waals surface area contributed by atoms with Gasteiger partial charge in [-0.25, -0.2) is 4.79 Å². The van der Waals surface area contributed by atoms with Crippen molar-refractivity contribution in [1.82, 2.24) is 9.78 Å².